The van der Waals surface area contributed by atoms with E-state index in [1.165, 1.54) is 16.7 Å². The second kappa shape index (κ2) is 10.5. The number of piperazine rings is 1. The molecule has 2 heterocycles. The van der Waals surface area contributed by atoms with Crippen LogP contribution >= 0.6 is 0 Å². The van der Waals surface area contributed by atoms with Gasteiger partial charge in [0.2, 0.25) is 5.91 Å². The predicted molar refractivity (Wildman–Crippen MR) is 124 cm³/mol. The highest BCUT2D eigenvalue weighted by Crippen LogP contribution is 2.24. The summed E-state index contributed by atoms with van der Waals surface area (Å²) >= 11 is 0. The normalized spacial score (nSPS) is 13.9. The molecule has 3 aromatic rings. The first-order valence-electron chi connectivity index (χ1n) is 11.1. The molecule has 8 nitrogen and oxygen atoms in total. The van der Waals surface area contributed by atoms with Crippen molar-refractivity contribution in [2.24, 2.45) is 0 Å². The minimum atomic E-state index is -4.80. The maximum Gasteiger partial charge on any atom is 0.573 e. The van der Waals surface area contributed by atoms with Crippen LogP contribution in [0.3, 0.4) is 0 Å². The third kappa shape index (κ3) is 6.23. The summed E-state index contributed by atoms with van der Waals surface area (Å²) in [7, 11) is 0. The highest BCUT2D eigenvalue weighted by molar-refractivity contribution is 5.96. The largest absolute Gasteiger partial charge is 0.573 e. The van der Waals surface area contributed by atoms with Crippen molar-refractivity contribution in [1.82, 2.24) is 14.4 Å². The number of rotatable bonds is 6. The number of benzene rings is 2. The van der Waals surface area contributed by atoms with E-state index in [-0.39, 0.29) is 24.0 Å². The topological polar surface area (TPSA) is 83.9 Å². The van der Waals surface area contributed by atoms with Crippen LogP contribution in [0.2, 0.25) is 0 Å². The van der Waals surface area contributed by atoms with Crippen LogP contribution < -0.4 is 10.1 Å². The van der Waals surface area contributed by atoms with Crippen molar-refractivity contribution in [3.63, 3.8) is 0 Å². The molecule has 0 radical (unpaired) electrons. The van der Waals surface area contributed by atoms with E-state index < -0.39 is 18.0 Å². The lowest BCUT2D eigenvalue weighted by atomic mass is 10.2. The first kappa shape index (κ1) is 24.8. The average molecular weight is 500 g/mol. The Morgan fingerprint density at radius 3 is 2.03 bits per heavy atom. The van der Waals surface area contributed by atoms with Crippen molar-refractivity contribution < 1.29 is 32.3 Å². The minimum Gasteiger partial charge on any atom is -0.406 e. The number of alkyl halides is 3. The Hall–Kier alpha value is -4.28. The van der Waals surface area contributed by atoms with Crippen LogP contribution in [0.1, 0.15) is 20.8 Å². The van der Waals surface area contributed by atoms with Crippen LogP contribution in [-0.4, -0.2) is 64.6 Å². The van der Waals surface area contributed by atoms with Gasteiger partial charge >= 0.3 is 6.36 Å². The molecule has 1 fully saturated rings. The van der Waals surface area contributed by atoms with E-state index in [9.17, 15) is 27.6 Å². The Morgan fingerprint density at radius 1 is 0.806 bits per heavy atom. The number of hydrogen-bond acceptors (Lipinski definition) is 4. The summed E-state index contributed by atoms with van der Waals surface area (Å²) in [5.74, 6) is -1.19. The first-order chi connectivity index (χ1) is 17.2. The molecule has 188 valence electrons. The number of amides is 3. The maximum atomic E-state index is 13.1. The Balaban J connectivity index is 1.32. The molecule has 0 spiro atoms. The molecule has 0 saturated carbocycles. The second-order valence-electron chi connectivity index (χ2n) is 8.09. The van der Waals surface area contributed by atoms with Crippen molar-refractivity contribution in [2.45, 2.75) is 12.9 Å². The van der Waals surface area contributed by atoms with Crippen LogP contribution in [0.4, 0.5) is 18.9 Å². The molecule has 36 heavy (non-hydrogen) atoms. The molecule has 1 saturated heterocycles. The van der Waals surface area contributed by atoms with Gasteiger partial charge in [0.1, 0.15) is 18.0 Å². The molecule has 1 aliphatic rings. The van der Waals surface area contributed by atoms with Gasteiger partial charge in [-0.25, -0.2) is 0 Å². The fourth-order valence-electron chi connectivity index (χ4n) is 3.88. The molecule has 1 aliphatic heterocycles. The zero-order valence-corrected chi connectivity index (χ0v) is 19.1. The van der Waals surface area contributed by atoms with Crippen molar-refractivity contribution in [3.8, 4) is 5.75 Å². The highest BCUT2D eigenvalue weighted by atomic mass is 19.4. The lowest BCUT2D eigenvalue weighted by Crippen LogP contribution is -2.51. The molecule has 0 atom stereocenters. The Kier molecular flexibility index (Phi) is 7.28. The number of aromatic nitrogens is 1. The Bertz CT molecular complexity index is 1220. The van der Waals surface area contributed by atoms with E-state index >= 15 is 0 Å². The molecule has 11 heteroatoms. The fraction of sp³-hybridized carbons (Fsp3) is 0.240. The van der Waals surface area contributed by atoms with Gasteiger partial charge in [-0.15, -0.1) is 13.2 Å². The standard InChI is InChI=1S/C25H23F3N4O4/c26-25(27,28)36-20-10-8-19(9-11-20)29-22(33)17-32-12-4-7-21(32)24(35)31-15-13-30(14-16-31)23(34)18-5-2-1-3-6-18/h1-12H,13-17H2,(H,29,33). The van der Waals surface area contributed by atoms with Gasteiger partial charge in [-0.3, -0.25) is 14.4 Å². The van der Waals surface area contributed by atoms with Crippen LogP contribution in [0.15, 0.2) is 72.9 Å². The lowest BCUT2D eigenvalue weighted by Gasteiger charge is -2.35. The average Bonchev–Trinajstić information content (AvgIpc) is 3.32. The molecular weight excluding hydrogens is 477 g/mol. The molecule has 1 aromatic heterocycles. The molecule has 0 unspecified atom stereocenters. The molecule has 3 amide bonds. The van der Waals surface area contributed by atoms with Gasteiger partial charge in [0, 0.05) is 43.6 Å². The summed E-state index contributed by atoms with van der Waals surface area (Å²) < 4.78 is 42.2. The van der Waals surface area contributed by atoms with Gasteiger partial charge in [-0.05, 0) is 48.5 Å². The van der Waals surface area contributed by atoms with Gasteiger partial charge < -0.3 is 24.4 Å². The van der Waals surface area contributed by atoms with E-state index in [2.05, 4.69) is 10.1 Å². The summed E-state index contributed by atoms with van der Waals surface area (Å²) in [5, 5.41) is 2.58. The molecule has 4 rings (SSSR count). The summed E-state index contributed by atoms with van der Waals surface area (Å²) in [6, 6.07) is 17.0. The summed E-state index contributed by atoms with van der Waals surface area (Å²) in [6.45, 7) is 1.35. The molecule has 0 aliphatic carbocycles. The van der Waals surface area contributed by atoms with E-state index in [0.29, 0.717) is 37.4 Å². The van der Waals surface area contributed by atoms with Gasteiger partial charge in [0.15, 0.2) is 0 Å². The number of carbonyl (C=O) groups excluding carboxylic acids is 3. The van der Waals surface area contributed by atoms with Crippen LogP contribution in [0.25, 0.3) is 0 Å². The second-order valence-corrected chi connectivity index (χ2v) is 8.09. The van der Waals surface area contributed by atoms with Crippen molar-refractivity contribution in [2.75, 3.05) is 31.5 Å². The molecule has 1 N–H and O–H groups in total. The van der Waals surface area contributed by atoms with Gasteiger partial charge in [0.25, 0.3) is 11.8 Å². The quantitative estimate of drug-likeness (QED) is 0.561. The highest BCUT2D eigenvalue weighted by Gasteiger charge is 2.31. The van der Waals surface area contributed by atoms with E-state index in [1.54, 1.807) is 52.4 Å². The third-order valence-corrected chi connectivity index (χ3v) is 5.61. The lowest BCUT2D eigenvalue weighted by molar-refractivity contribution is -0.274. The monoisotopic (exact) mass is 500 g/mol. The molecule has 2 aromatic carbocycles. The number of halogens is 3. The number of ether oxygens (including phenoxy) is 1. The summed E-state index contributed by atoms with van der Waals surface area (Å²) in [5.41, 5.74) is 1.20. The minimum absolute atomic E-state index is 0.0826. The Morgan fingerprint density at radius 2 is 1.42 bits per heavy atom. The van der Waals surface area contributed by atoms with E-state index in [4.69, 9.17) is 0 Å². The number of nitrogens with one attached hydrogen (secondary N) is 1. The zero-order valence-electron chi connectivity index (χ0n) is 19.1. The number of nitrogens with zero attached hydrogens (tertiary/aromatic N) is 3. The number of anilines is 1. The third-order valence-electron chi connectivity index (χ3n) is 5.61. The summed E-state index contributed by atoms with van der Waals surface area (Å²) in [4.78, 5) is 41.5. The van der Waals surface area contributed by atoms with Crippen molar-refractivity contribution in [3.05, 3.63) is 84.2 Å². The number of carbonyl (C=O) groups is 3. The van der Waals surface area contributed by atoms with E-state index in [0.717, 1.165) is 12.1 Å². The van der Waals surface area contributed by atoms with Gasteiger partial charge in [-0.2, -0.15) is 0 Å². The predicted octanol–water partition coefficient (Wildman–Crippen LogP) is 3.62. The fourth-order valence-corrected chi connectivity index (χ4v) is 3.88. The van der Waals surface area contributed by atoms with Crippen LogP contribution in [-0.2, 0) is 11.3 Å². The van der Waals surface area contributed by atoms with Crippen molar-refractivity contribution >= 4 is 23.4 Å². The summed E-state index contributed by atoms with van der Waals surface area (Å²) in [6.07, 6.45) is -3.20. The van der Waals surface area contributed by atoms with Gasteiger partial charge in [-0.1, -0.05) is 18.2 Å². The first-order valence-corrected chi connectivity index (χ1v) is 11.1. The number of hydrogen-bond donors (Lipinski definition) is 1. The molecular formula is C25H23F3N4O4. The van der Waals surface area contributed by atoms with Gasteiger partial charge in [0.05, 0.1) is 0 Å². The molecule has 0 bridgehead atoms. The maximum absolute atomic E-state index is 13.1. The Labute approximate surface area is 204 Å². The van der Waals surface area contributed by atoms with Crippen LogP contribution in [0, 0.1) is 0 Å². The zero-order chi connectivity index (χ0) is 25.7. The van der Waals surface area contributed by atoms with Crippen molar-refractivity contribution in [1.29, 1.82) is 0 Å². The smallest absolute Gasteiger partial charge is 0.406 e. The van der Waals surface area contributed by atoms with E-state index in [1.807, 2.05) is 6.07 Å². The SMILES string of the molecule is O=C(Cn1cccc1C(=O)N1CCN(C(=O)c2ccccc2)CC1)Nc1ccc(OC(F)(F)F)cc1. The van der Waals surface area contributed by atoms with Crippen LogP contribution in [0.5, 0.6) is 5.75 Å².